The average Bonchev–Trinajstić information content (AvgIpc) is 2.79. The standard InChI is InChI=1S/C12H8F3N5S/c13-12(14,15)8-5-9(20-10(16)19-8)21-11-17-6-3-1-2-4-7(6)18-11/h1-5H,(H,17,18)(H2,16,19,20). The van der Waals surface area contributed by atoms with Crippen molar-refractivity contribution in [2.24, 2.45) is 0 Å². The molecule has 0 fully saturated rings. The summed E-state index contributed by atoms with van der Waals surface area (Å²) in [5, 5.41) is 0.510. The lowest BCUT2D eigenvalue weighted by molar-refractivity contribution is -0.141. The number of nitrogen functional groups attached to an aromatic ring is 1. The maximum atomic E-state index is 12.7. The minimum absolute atomic E-state index is 0.0777. The second-order valence-electron chi connectivity index (χ2n) is 4.11. The molecule has 3 aromatic rings. The van der Waals surface area contributed by atoms with Crippen LogP contribution in [0, 0.1) is 0 Å². The summed E-state index contributed by atoms with van der Waals surface area (Å²) in [5.74, 6) is -0.427. The van der Waals surface area contributed by atoms with Crippen LogP contribution in [0.1, 0.15) is 5.69 Å². The summed E-state index contributed by atoms with van der Waals surface area (Å²) in [6.07, 6.45) is -4.57. The molecule has 9 heteroatoms. The second kappa shape index (κ2) is 4.92. The normalized spacial score (nSPS) is 12.0. The number of imidazole rings is 1. The number of nitrogens with zero attached hydrogens (tertiary/aromatic N) is 3. The summed E-state index contributed by atoms with van der Waals surface area (Å²) in [5.41, 5.74) is 5.75. The van der Waals surface area contributed by atoms with Gasteiger partial charge in [0.1, 0.15) is 5.03 Å². The van der Waals surface area contributed by atoms with Gasteiger partial charge in [-0.25, -0.2) is 15.0 Å². The Labute approximate surface area is 120 Å². The van der Waals surface area contributed by atoms with Gasteiger partial charge in [-0.1, -0.05) is 12.1 Å². The summed E-state index contributed by atoms with van der Waals surface area (Å²) in [6.45, 7) is 0. The number of benzene rings is 1. The Hall–Kier alpha value is -2.29. The molecule has 2 aromatic heterocycles. The number of aromatic nitrogens is 4. The number of hydrogen-bond acceptors (Lipinski definition) is 5. The van der Waals surface area contributed by atoms with Crippen molar-refractivity contribution in [2.75, 3.05) is 5.73 Å². The van der Waals surface area contributed by atoms with Gasteiger partial charge in [-0.3, -0.25) is 0 Å². The monoisotopic (exact) mass is 311 g/mol. The number of H-pyrrole nitrogens is 1. The third kappa shape index (κ3) is 2.92. The Balaban J connectivity index is 1.95. The first-order valence-corrected chi connectivity index (χ1v) is 6.58. The molecule has 108 valence electrons. The molecule has 1 aromatic carbocycles. The highest BCUT2D eigenvalue weighted by Gasteiger charge is 2.33. The fourth-order valence-corrected chi connectivity index (χ4v) is 2.53. The van der Waals surface area contributed by atoms with E-state index in [-0.39, 0.29) is 5.03 Å². The van der Waals surface area contributed by atoms with Gasteiger partial charge in [0.2, 0.25) is 5.95 Å². The van der Waals surface area contributed by atoms with Gasteiger partial charge < -0.3 is 10.7 Å². The number of halogens is 3. The number of anilines is 1. The zero-order valence-electron chi connectivity index (χ0n) is 10.3. The summed E-state index contributed by atoms with van der Waals surface area (Å²) < 4.78 is 38.0. The third-order valence-electron chi connectivity index (χ3n) is 2.58. The molecular formula is C12H8F3N5S. The number of hydrogen-bond donors (Lipinski definition) is 2. The van der Waals surface area contributed by atoms with Crippen LogP contribution in [0.3, 0.4) is 0 Å². The van der Waals surface area contributed by atoms with Crippen molar-refractivity contribution in [1.29, 1.82) is 0 Å². The minimum Gasteiger partial charge on any atom is -0.368 e. The lowest BCUT2D eigenvalue weighted by Gasteiger charge is -2.07. The van der Waals surface area contributed by atoms with Crippen LogP contribution < -0.4 is 5.73 Å². The zero-order chi connectivity index (χ0) is 15.0. The molecule has 3 rings (SSSR count). The van der Waals surface area contributed by atoms with Gasteiger partial charge in [0, 0.05) is 6.07 Å². The Morgan fingerprint density at radius 3 is 2.57 bits per heavy atom. The number of alkyl halides is 3. The second-order valence-corrected chi connectivity index (χ2v) is 5.12. The van der Waals surface area contributed by atoms with E-state index in [0.717, 1.165) is 28.9 Å². The van der Waals surface area contributed by atoms with Gasteiger partial charge >= 0.3 is 6.18 Å². The van der Waals surface area contributed by atoms with E-state index in [4.69, 9.17) is 5.73 Å². The number of nitrogens with one attached hydrogen (secondary N) is 1. The highest BCUT2D eigenvalue weighted by atomic mass is 32.2. The largest absolute Gasteiger partial charge is 0.433 e. The highest BCUT2D eigenvalue weighted by Crippen LogP contribution is 2.32. The lowest BCUT2D eigenvalue weighted by Crippen LogP contribution is -2.11. The SMILES string of the molecule is Nc1nc(Sc2nc3ccccc3[nH]2)cc(C(F)(F)F)n1. The summed E-state index contributed by atoms with van der Waals surface area (Å²) in [7, 11) is 0. The first-order chi connectivity index (χ1) is 9.91. The molecule has 3 N–H and O–H groups in total. The number of para-hydroxylation sites is 2. The van der Waals surface area contributed by atoms with E-state index in [9.17, 15) is 13.2 Å². The van der Waals surface area contributed by atoms with E-state index < -0.39 is 17.8 Å². The van der Waals surface area contributed by atoms with Crippen molar-refractivity contribution in [1.82, 2.24) is 19.9 Å². The van der Waals surface area contributed by atoms with Crippen molar-refractivity contribution < 1.29 is 13.2 Å². The van der Waals surface area contributed by atoms with E-state index in [1.54, 1.807) is 6.07 Å². The Morgan fingerprint density at radius 2 is 1.86 bits per heavy atom. The summed E-state index contributed by atoms with van der Waals surface area (Å²) >= 11 is 0.960. The van der Waals surface area contributed by atoms with Crippen LogP contribution >= 0.6 is 11.8 Å². The minimum atomic E-state index is -4.57. The molecule has 0 aliphatic carbocycles. The van der Waals surface area contributed by atoms with Crippen molar-refractivity contribution in [2.45, 2.75) is 16.4 Å². The van der Waals surface area contributed by atoms with Gasteiger partial charge in [0.15, 0.2) is 10.9 Å². The van der Waals surface area contributed by atoms with Crippen molar-refractivity contribution >= 4 is 28.7 Å². The maximum absolute atomic E-state index is 12.7. The van der Waals surface area contributed by atoms with Crippen LogP contribution in [0.4, 0.5) is 19.1 Å². The first-order valence-electron chi connectivity index (χ1n) is 5.76. The molecule has 0 unspecified atom stereocenters. The molecule has 0 spiro atoms. The molecule has 2 heterocycles. The molecule has 0 bridgehead atoms. The zero-order valence-corrected chi connectivity index (χ0v) is 11.2. The molecule has 0 saturated heterocycles. The van der Waals surface area contributed by atoms with Crippen LogP contribution in [0.15, 0.2) is 40.5 Å². The quantitative estimate of drug-likeness (QED) is 0.711. The molecule has 0 amide bonds. The Bertz CT molecular complexity index is 766. The van der Waals surface area contributed by atoms with E-state index in [2.05, 4.69) is 19.9 Å². The van der Waals surface area contributed by atoms with E-state index in [0.29, 0.717) is 5.16 Å². The van der Waals surface area contributed by atoms with Crippen LogP contribution in [0.2, 0.25) is 0 Å². The van der Waals surface area contributed by atoms with E-state index in [1.165, 1.54) is 0 Å². The average molecular weight is 311 g/mol. The van der Waals surface area contributed by atoms with Crippen molar-refractivity contribution in [3.63, 3.8) is 0 Å². The van der Waals surface area contributed by atoms with Gasteiger partial charge in [0.05, 0.1) is 11.0 Å². The Kier molecular flexibility index (Phi) is 3.20. The van der Waals surface area contributed by atoms with Crippen molar-refractivity contribution in [3.05, 3.63) is 36.0 Å². The van der Waals surface area contributed by atoms with E-state index in [1.807, 2.05) is 18.2 Å². The fraction of sp³-hybridized carbons (Fsp3) is 0.0833. The predicted molar refractivity (Wildman–Crippen MR) is 71.7 cm³/mol. The fourth-order valence-electron chi connectivity index (χ4n) is 1.72. The molecule has 0 aliphatic heterocycles. The molecule has 21 heavy (non-hydrogen) atoms. The van der Waals surface area contributed by atoms with Crippen LogP contribution in [0.5, 0.6) is 0 Å². The molecule has 0 atom stereocenters. The number of nitrogens with two attached hydrogens (primary N) is 1. The van der Waals surface area contributed by atoms with Crippen LogP contribution in [0.25, 0.3) is 11.0 Å². The summed E-state index contributed by atoms with van der Waals surface area (Å²) in [4.78, 5) is 14.2. The van der Waals surface area contributed by atoms with Crippen LogP contribution in [-0.4, -0.2) is 19.9 Å². The Morgan fingerprint density at radius 1 is 1.10 bits per heavy atom. The lowest BCUT2D eigenvalue weighted by atomic mass is 10.3. The number of fused-ring (bicyclic) bond motifs is 1. The van der Waals surface area contributed by atoms with E-state index >= 15 is 0 Å². The molecule has 0 aliphatic rings. The van der Waals surface area contributed by atoms with Gasteiger partial charge in [-0.2, -0.15) is 13.2 Å². The smallest absolute Gasteiger partial charge is 0.368 e. The highest BCUT2D eigenvalue weighted by molar-refractivity contribution is 7.99. The number of rotatable bonds is 2. The van der Waals surface area contributed by atoms with Crippen molar-refractivity contribution in [3.8, 4) is 0 Å². The van der Waals surface area contributed by atoms with Gasteiger partial charge in [-0.05, 0) is 23.9 Å². The van der Waals surface area contributed by atoms with Gasteiger partial charge in [0.25, 0.3) is 0 Å². The molecule has 5 nitrogen and oxygen atoms in total. The maximum Gasteiger partial charge on any atom is 0.433 e. The molecular weight excluding hydrogens is 303 g/mol. The number of aromatic amines is 1. The molecule has 0 saturated carbocycles. The predicted octanol–water partition coefficient (Wildman–Crippen LogP) is 3.11. The third-order valence-corrected chi connectivity index (χ3v) is 3.38. The van der Waals surface area contributed by atoms with Crippen LogP contribution in [-0.2, 0) is 6.18 Å². The molecule has 0 radical (unpaired) electrons. The summed E-state index contributed by atoms with van der Waals surface area (Å²) in [6, 6.07) is 8.11. The topological polar surface area (TPSA) is 80.5 Å². The van der Waals surface area contributed by atoms with Gasteiger partial charge in [-0.15, -0.1) is 0 Å². The first kappa shape index (κ1) is 13.7.